The Morgan fingerprint density at radius 1 is 1.25 bits per heavy atom. The number of anilines is 1. The molecule has 20 heavy (non-hydrogen) atoms. The maximum absolute atomic E-state index is 12.3. The van der Waals surface area contributed by atoms with Gasteiger partial charge in [-0.1, -0.05) is 24.1 Å². The van der Waals surface area contributed by atoms with Gasteiger partial charge in [0.2, 0.25) is 0 Å². The maximum atomic E-state index is 12.3. The molecule has 2 heterocycles. The number of carbonyl (C=O) groups is 1. The summed E-state index contributed by atoms with van der Waals surface area (Å²) in [5.74, 6) is 0. The number of rotatable bonds is 1. The average Bonchev–Trinajstić information content (AvgIpc) is 2.47. The molecular formula is C15H20ClN3O. The van der Waals surface area contributed by atoms with E-state index in [9.17, 15) is 4.79 Å². The number of hydrogen-bond acceptors (Lipinski definition) is 2. The second kappa shape index (κ2) is 6.02. The Bertz CT molecular complexity index is 494. The van der Waals surface area contributed by atoms with E-state index in [1.165, 1.54) is 25.8 Å². The van der Waals surface area contributed by atoms with Crippen LogP contribution in [0.15, 0.2) is 24.3 Å². The van der Waals surface area contributed by atoms with E-state index >= 15 is 0 Å². The van der Waals surface area contributed by atoms with Crippen LogP contribution in [-0.2, 0) is 0 Å². The predicted molar refractivity (Wildman–Crippen MR) is 81.3 cm³/mol. The quantitative estimate of drug-likeness (QED) is 0.864. The van der Waals surface area contributed by atoms with Crippen LogP contribution in [0.5, 0.6) is 0 Å². The molecule has 0 radical (unpaired) electrons. The molecule has 5 heteroatoms. The van der Waals surface area contributed by atoms with Crippen molar-refractivity contribution in [2.24, 2.45) is 0 Å². The summed E-state index contributed by atoms with van der Waals surface area (Å²) in [6, 6.07) is 7.81. The van der Waals surface area contributed by atoms with Crippen LogP contribution in [0.1, 0.15) is 19.3 Å². The summed E-state index contributed by atoms with van der Waals surface area (Å²) >= 11 is 5.93. The minimum absolute atomic E-state index is 0.0162. The number of piperazine rings is 1. The van der Waals surface area contributed by atoms with Crippen LogP contribution in [-0.4, -0.2) is 48.1 Å². The number of halogens is 1. The number of nitrogens with one attached hydrogen (secondary N) is 1. The van der Waals surface area contributed by atoms with Gasteiger partial charge in [0.05, 0.1) is 0 Å². The minimum Gasteiger partial charge on any atom is -0.322 e. The first-order valence-corrected chi connectivity index (χ1v) is 7.66. The van der Waals surface area contributed by atoms with Crippen molar-refractivity contribution in [2.75, 3.05) is 31.5 Å². The van der Waals surface area contributed by atoms with E-state index in [0.717, 1.165) is 25.3 Å². The van der Waals surface area contributed by atoms with Gasteiger partial charge in [0.1, 0.15) is 0 Å². The number of piperidine rings is 1. The lowest BCUT2D eigenvalue weighted by Crippen LogP contribution is -2.56. The monoisotopic (exact) mass is 293 g/mol. The van der Waals surface area contributed by atoms with Crippen LogP contribution in [0.2, 0.25) is 5.02 Å². The van der Waals surface area contributed by atoms with Gasteiger partial charge in [0.25, 0.3) is 0 Å². The van der Waals surface area contributed by atoms with E-state index in [1.807, 2.05) is 17.0 Å². The Hall–Kier alpha value is -1.26. The number of hydrogen-bond donors (Lipinski definition) is 1. The van der Waals surface area contributed by atoms with Gasteiger partial charge < -0.3 is 10.2 Å². The largest absolute Gasteiger partial charge is 0.322 e. The third-order valence-electron chi connectivity index (χ3n) is 4.20. The highest BCUT2D eigenvalue weighted by Gasteiger charge is 2.30. The van der Waals surface area contributed by atoms with Crippen molar-refractivity contribution in [1.82, 2.24) is 9.80 Å². The van der Waals surface area contributed by atoms with Gasteiger partial charge in [0.15, 0.2) is 0 Å². The van der Waals surface area contributed by atoms with Gasteiger partial charge in [-0.15, -0.1) is 0 Å². The normalized spacial score (nSPS) is 23.2. The number of amides is 2. The van der Waals surface area contributed by atoms with E-state index in [2.05, 4.69) is 10.2 Å². The van der Waals surface area contributed by atoms with Gasteiger partial charge in [-0.05, 0) is 37.6 Å². The van der Waals surface area contributed by atoms with Crippen molar-refractivity contribution < 1.29 is 4.79 Å². The van der Waals surface area contributed by atoms with Crippen molar-refractivity contribution >= 4 is 23.3 Å². The van der Waals surface area contributed by atoms with Crippen LogP contribution in [0.25, 0.3) is 0 Å². The third-order valence-corrected chi connectivity index (χ3v) is 4.44. The van der Waals surface area contributed by atoms with Crippen molar-refractivity contribution in [3.8, 4) is 0 Å². The Morgan fingerprint density at radius 2 is 2.15 bits per heavy atom. The van der Waals surface area contributed by atoms with Gasteiger partial charge >= 0.3 is 6.03 Å². The molecule has 2 aliphatic rings. The second-order valence-corrected chi connectivity index (χ2v) is 6.01. The topological polar surface area (TPSA) is 35.6 Å². The fourth-order valence-electron chi connectivity index (χ4n) is 3.11. The molecule has 2 saturated heterocycles. The van der Waals surface area contributed by atoms with Gasteiger partial charge in [0, 0.05) is 36.4 Å². The fraction of sp³-hybridized carbons (Fsp3) is 0.533. The van der Waals surface area contributed by atoms with Crippen LogP contribution >= 0.6 is 11.6 Å². The van der Waals surface area contributed by atoms with Crippen LogP contribution in [0.3, 0.4) is 0 Å². The molecule has 0 aliphatic carbocycles. The predicted octanol–water partition coefficient (Wildman–Crippen LogP) is 3.04. The Balaban J connectivity index is 1.60. The minimum atomic E-state index is -0.0162. The van der Waals surface area contributed by atoms with Gasteiger partial charge in [-0.25, -0.2) is 4.79 Å². The SMILES string of the molecule is O=C(Nc1cccc(Cl)c1)N1CCN2CCCCC2C1. The number of carbonyl (C=O) groups excluding carboxylic acids is 1. The molecule has 3 rings (SSSR count). The third kappa shape index (κ3) is 3.07. The zero-order chi connectivity index (χ0) is 13.9. The van der Waals surface area contributed by atoms with E-state index in [-0.39, 0.29) is 6.03 Å². The molecule has 4 nitrogen and oxygen atoms in total. The van der Waals surface area contributed by atoms with Crippen LogP contribution in [0.4, 0.5) is 10.5 Å². The van der Waals surface area contributed by atoms with Crippen molar-refractivity contribution in [3.63, 3.8) is 0 Å². The first-order valence-electron chi connectivity index (χ1n) is 7.28. The number of benzene rings is 1. The van der Waals surface area contributed by atoms with Crippen molar-refractivity contribution in [1.29, 1.82) is 0 Å². The summed E-state index contributed by atoms with van der Waals surface area (Å²) in [4.78, 5) is 16.8. The highest BCUT2D eigenvalue weighted by Crippen LogP contribution is 2.22. The van der Waals surface area contributed by atoms with Gasteiger partial charge in [-0.2, -0.15) is 0 Å². The number of nitrogens with zero attached hydrogens (tertiary/aromatic N) is 2. The molecule has 0 aromatic heterocycles. The van der Waals surface area contributed by atoms with Crippen LogP contribution in [0, 0.1) is 0 Å². The Morgan fingerprint density at radius 3 is 3.00 bits per heavy atom. The molecular weight excluding hydrogens is 274 g/mol. The molecule has 0 spiro atoms. The molecule has 0 saturated carbocycles. The first kappa shape index (κ1) is 13.7. The van der Waals surface area contributed by atoms with Crippen LogP contribution < -0.4 is 5.32 Å². The fourth-order valence-corrected chi connectivity index (χ4v) is 3.30. The summed E-state index contributed by atoms with van der Waals surface area (Å²) in [5.41, 5.74) is 0.758. The smallest absolute Gasteiger partial charge is 0.321 e. The summed E-state index contributed by atoms with van der Waals surface area (Å²) < 4.78 is 0. The van der Waals surface area contributed by atoms with E-state index < -0.39 is 0 Å². The molecule has 1 N–H and O–H groups in total. The summed E-state index contributed by atoms with van der Waals surface area (Å²) in [6.07, 6.45) is 3.79. The molecule has 1 aromatic carbocycles. The Labute approximate surface area is 124 Å². The molecule has 108 valence electrons. The molecule has 1 atom stereocenters. The summed E-state index contributed by atoms with van der Waals surface area (Å²) in [7, 11) is 0. The van der Waals surface area contributed by atoms with Crippen molar-refractivity contribution in [3.05, 3.63) is 29.3 Å². The van der Waals surface area contributed by atoms with Crippen molar-refractivity contribution in [2.45, 2.75) is 25.3 Å². The molecule has 1 unspecified atom stereocenters. The highest BCUT2D eigenvalue weighted by atomic mass is 35.5. The second-order valence-electron chi connectivity index (χ2n) is 5.57. The summed E-state index contributed by atoms with van der Waals surface area (Å²) in [6.45, 7) is 3.83. The Kier molecular flexibility index (Phi) is 4.13. The summed E-state index contributed by atoms with van der Waals surface area (Å²) in [5, 5.41) is 3.57. The van der Waals surface area contributed by atoms with E-state index in [0.29, 0.717) is 11.1 Å². The lowest BCUT2D eigenvalue weighted by molar-refractivity contribution is 0.0678. The molecule has 0 bridgehead atoms. The molecule has 2 fully saturated rings. The molecule has 2 aliphatic heterocycles. The number of fused-ring (bicyclic) bond motifs is 1. The zero-order valence-corrected chi connectivity index (χ0v) is 12.3. The standard InChI is InChI=1S/C15H20ClN3O/c16-12-4-3-5-13(10-12)17-15(20)19-9-8-18-7-2-1-6-14(18)11-19/h3-5,10,14H,1-2,6-9,11H2,(H,17,20). The number of urea groups is 1. The lowest BCUT2D eigenvalue weighted by Gasteiger charge is -2.43. The first-order chi connectivity index (χ1) is 9.72. The maximum Gasteiger partial charge on any atom is 0.321 e. The molecule has 1 aromatic rings. The molecule has 2 amide bonds. The highest BCUT2D eigenvalue weighted by molar-refractivity contribution is 6.30. The average molecular weight is 294 g/mol. The van der Waals surface area contributed by atoms with E-state index in [1.54, 1.807) is 12.1 Å². The van der Waals surface area contributed by atoms with E-state index in [4.69, 9.17) is 11.6 Å². The lowest BCUT2D eigenvalue weighted by atomic mass is 10.00. The zero-order valence-electron chi connectivity index (χ0n) is 11.5. The van der Waals surface area contributed by atoms with Gasteiger partial charge in [-0.3, -0.25) is 4.90 Å².